The number of nitrogens with zero attached hydrogens (tertiary/aromatic N) is 6. The van der Waals surface area contributed by atoms with E-state index in [1.807, 2.05) is 54.9 Å². The Labute approximate surface area is 617 Å². The number of esters is 2. The molecule has 548 valence electrons. The van der Waals surface area contributed by atoms with Gasteiger partial charge in [0.05, 0.1) is 88.9 Å². The highest BCUT2D eigenvalue weighted by atomic mass is 16.5. The molecule has 3 aliphatic heterocycles. The van der Waals surface area contributed by atoms with Crippen LogP contribution in [0.4, 0.5) is 0 Å². The van der Waals surface area contributed by atoms with E-state index in [0.717, 1.165) is 115 Å². The number of fused-ring (bicyclic) bond motifs is 12. The van der Waals surface area contributed by atoms with Crippen molar-refractivity contribution in [2.24, 2.45) is 0 Å². The predicted molar refractivity (Wildman–Crippen MR) is 418 cm³/mol. The summed E-state index contributed by atoms with van der Waals surface area (Å²) in [4.78, 5) is 62.9. The van der Waals surface area contributed by atoms with Gasteiger partial charge in [-0.1, -0.05) is 131 Å². The Morgan fingerprint density at radius 1 is 0.406 bits per heavy atom. The van der Waals surface area contributed by atoms with Crippen molar-refractivity contribution in [3.8, 4) is 33.8 Å². The second-order valence-electron chi connectivity index (χ2n) is 29.9. The van der Waals surface area contributed by atoms with E-state index < -0.39 is 5.97 Å². The molecule has 18 nitrogen and oxygen atoms in total. The molecule has 0 saturated heterocycles. The Morgan fingerprint density at radius 2 is 0.783 bits per heavy atom. The normalized spacial score (nSPS) is 16.1. The van der Waals surface area contributed by atoms with E-state index >= 15 is 0 Å². The number of hydrogen-bond donors (Lipinski definition) is 3. The van der Waals surface area contributed by atoms with Crippen molar-refractivity contribution in [3.05, 3.63) is 178 Å². The third kappa shape index (κ3) is 12.7. The third-order valence-corrected chi connectivity index (χ3v) is 23.8. The molecule has 3 fully saturated rings. The van der Waals surface area contributed by atoms with Crippen molar-refractivity contribution in [3.63, 3.8) is 0 Å². The number of nitrogens with one attached hydrogen (secondary N) is 2. The Hall–Kier alpha value is -10.2. The van der Waals surface area contributed by atoms with Gasteiger partial charge in [-0.05, 0) is 135 Å². The highest BCUT2D eigenvalue weighted by molar-refractivity contribution is 6.13. The van der Waals surface area contributed by atoms with Gasteiger partial charge in [-0.25, -0.2) is 14.4 Å². The number of hydrogen-bond acceptors (Lipinski definition) is 9. The first kappa shape index (κ1) is 70.2. The molecule has 2 amide bonds. The van der Waals surface area contributed by atoms with E-state index in [9.17, 15) is 29.1 Å². The van der Waals surface area contributed by atoms with Crippen molar-refractivity contribution in [2.45, 2.75) is 173 Å². The zero-order valence-electron chi connectivity index (χ0n) is 61.5. The molecule has 0 atom stereocenters. The maximum atomic E-state index is 13.2. The quantitative estimate of drug-likeness (QED) is 0.0696. The second kappa shape index (κ2) is 30.4. The predicted octanol–water partition coefficient (Wildman–Crippen LogP) is 18.2. The topological polar surface area (TPSA) is 196 Å². The van der Waals surface area contributed by atoms with Crippen molar-refractivity contribution in [1.29, 1.82) is 0 Å². The lowest BCUT2D eigenvalue weighted by Gasteiger charge is -2.25. The molecular formula is C88H96N8O10. The average molecular weight is 1430 g/mol. The van der Waals surface area contributed by atoms with Gasteiger partial charge in [0.2, 0.25) is 0 Å². The number of carbonyl (C=O) groups excluding carboxylic acids is 4. The fourth-order valence-corrected chi connectivity index (χ4v) is 19.1. The van der Waals surface area contributed by atoms with Crippen LogP contribution in [0.2, 0.25) is 0 Å². The number of benzene rings is 6. The maximum Gasteiger partial charge on any atom is 0.337 e. The van der Waals surface area contributed by atoms with Crippen LogP contribution in [0.15, 0.2) is 134 Å². The van der Waals surface area contributed by atoms with Crippen LogP contribution in [-0.2, 0) is 58.2 Å². The molecule has 0 spiro atoms. The maximum absolute atomic E-state index is 13.2. The van der Waals surface area contributed by atoms with Gasteiger partial charge in [-0.3, -0.25) is 9.59 Å². The first-order valence-corrected chi connectivity index (χ1v) is 38.7. The van der Waals surface area contributed by atoms with E-state index in [1.165, 1.54) is 170 Å². The highest BCUT2D eigenvalue weighted by Gasteiger charge is 2.35. The number of para-hydroxylation sites is 3. The Morgan fingerprint density at radius 3 is 1.18 bits per heavy atom. The highest BCUT2D eigenvalue weighted by Crippen LogP contribution is 2.51. The molecule has 3 N–H and O–H groups in total. The van der Waals surface area contributed by atoms with E-state index in [0.29, 0.717) is 71.9 Å². The summed E-state index contributed by atoms with van der Waals surface area (Å²) in [6.45, 7) is 7.09. The van der Waals surface area contributed by atoms with E-state index in [2.05, 4.69) is 111 Å². The number of methoxy groups -OCH3 is 4. The van der Waals surface area contributed by atoms with E-state index in [1.54, 1.807) is 20.3 Å². The summed E-state index contributed by atoms with van der Waals surface area (Å²) >= 11 is 0. The van der Waals surface area contributed by atoms with Gasteiger partial charge in [0.1, 0.15) is 0 Å². The first-order valence-electron chi connectivity index (χ1n) is 38.7. The van der Waals surface area contributed by atoms with Crippen LogP contribution in [0.1, 0.15) is 202 Å². The van der Waals surface area contributed by atoms with Crippen molar-refractivity contribution < 1.29 is 48.0 Å². The van der Waals surface area contributed by atoms with Crippen LogP contribution >= 0.6 is 0 Å². The zero-order valence-corrected chi connectivity index (χ0v) is 61.5. The van der Waals surface area contributed by atoms with Crippen LogP contribution in [0, 0.1) is 0 Å². The molecule has 12 aromatic rings. The molecule has 0 bridgehead atoms. The Balaban J connectivity index is 0.000000122. The number of aromatic nitrogens is 6. The summed E-state index contributed by atoms with van der Waals surface area (Å²) in [6, 6.07) is 39.4. The number of carboxylic acid groups (broad SMARTS) is 1. The molecule has 9 heterocycles. The lowest BCUT2D eigenvalue weighted by Crippen LogP contribution is -2.26. The molecule has 3 saturated carbocycles. The summed E-state index contributed by atoms with van der Waals surface area (Å²) in [7, 11) is 6.15. The molecule has 6 aromatic heterocycles. The molecule has 3 aliphatic carbocycles. The van der Waals surface area contributed by atoms with Crippen LogP contribution in [0.5, 0.6) is 0 Å². The average Bonchev–Trinajstić information content (AvgIpc) is 1.58. The van der Waals surface area contributed by atoms with Gasteiger partial charge in [-0.2, -0.15) is 0 Å². The van der Waals surface area contributed by atoms with Crippen molar-refractivity contribution >= 4 is 95.1 Å². The Kier molecular flexibility index (Phi) is 20.1. The number of carboxylic acids is 1. The molecule has 6 aliphatic rings. The standard InChI is InChI=1S/C31H35N3O4.C30H33N3O4.C27H28N2O2/c1-37-17-14-32-30(35)25-19-33-15-7-16-34-26-18-21(31(36)38-2)12-13-23(26)27(20-8-4-3-5-9-20)29(34)24-11-6-10-22(25)28(24)33;1-37-16-13-31-29(34)24-18-32-14-6-15-33-25-17-20(30(35)36)11-12-22(25)26(19-7-3-2-4-8-19)28(33)23-10-5-9-21(24)27(23)32;1-31-27(30)20-11-12-21-23(17-20)29-15-6-14-28-16-13-19-9-5-10-22(25(19)28)26(29)24(21)18-7-3-2-4-8-18/h6,10-13,18-20H,3-5,7-9,14-17H2,1-2H3,(H,32,35);5,9-12,17-19H,2-4,6-8,13-16H2,1H3,(H,31,34)(H,35,36);5,9-13,16-18H,2-4,6-8,14-15H2,1H3. The molecule has 18 heteroatoms. The van der Waals surface area contributed by atoms with Crippen molar-refractivity contribution in [2.75, 3.05) is 54.7 Å². The second-order valence-corrected chi connectivity index (χ2v) is 29.9. The minimum Gasteiger partial charge on any atom is -0.478 e. The molecule has 0 unspecified atom stereocenters. The summed E-state index contributed by atoms with van der Waals surface area (Å²) < 4.78 is 34.5. The molecule has 106 heavy (non-hydrogen) atoms. The van der Waals surface area contributed by atoms with E-state index in [4.69, 9.17) is 18.9 Å². The number of aryl methyl sites for hydroxylation is 6. The number of carbonyl (C=O) groups is 5. The molecule has 6 aromatic carbocycles. The molecular weight excluding hydrogens is 1330 g/mol. The van der Waals surface area contributed by atoms with Gasteiger partial charge in [-0.15, -0.1) is 0 Å². The summed E-state index contributed by atoms with van der Waals surface area (Å²) in [5, 5.41) is 22.7. The number of rotatable bonds is 14. The lowest BCUT2D eigenvalue weighted by atomic mass is 9.81. The van der Waals surface area contributed by atoms with E-state index in [-0.39, 0.29) is 23.8 Å². The minimum atomic E-state index is -0.900. The fourth-order valence-electron chi connectivity index (χ4n) is 19.1. The first-order chi connectivity index (χ1) is 52.0. The summed E-state index contributed by atoms with van der Waals surface area (Å²) in [5.74, 6) is -0.142. The van der Waals surface area contributed by atoms with Crippen LogP contribution in [0.25, 0.3) is 99.2 Å². The van der Waals surface area contributed by atoms with Crippen molar-refractivity contribution in [1.82, 2.24) is 38.0 Å². The summed E-state index contributed by atoms with van der Waals surface area (Å²) in [6.07, 6.45) is 27.7. The minimum absolute atomic E-state index is 0.0713. The summed E-state index contributed by atoms with van der Waals surface area (Å²) in [5.41, 5.74) is 21.4. The SMILES string of the molecule is COC(=O)c1ccc2c(C3CCCCC3)c3n(c2c1)CCCn1ccc2cccc-3c21.COCCNC(=O)c1cn2c3c(cccc13)-c1c(C3CCCCC3)c3ccc(C(=O)O)cc3n1CCC2.COCCNC(=O)c1cn2c3c(cccc13)-c1c(C3CCCCC3)c3ccc(C(=O)OC)cc3n1CCC2. The zero-order chi connectivity index (χ0) is 72.7. The monoisotopic (exact) mass is 1420 g/mol. The largest absolute Gasteiger partial charge is 0.478 e. The lowest BCUT2D eigenvalue weighted by molar-refractivity contribution is 0.0592. The van der Waals surface area contributed by atoms with Crippen LogP contribution < -0.4 is 10.6 Å². The van der Waals surface area contributed by atoms with Gasteiger partial charge in [0.15, 0.2) is 0 Å². The fraction of sp³-hybridized carbons (Fsp3) is 0.398. The molecule has 0 radical (unpaired) electrons. The van der Waals surface area contributed by atoms with Gasteiger partial charge in [0, 0.05) is 151 Å². The molecule has 18 rings (SSSR count). The third-order valence-electron chi connectivity index (χ3n) is 23.8. The van der Waals surface area contributed by atoms with Crippen LogP contribution in [-0.4, -0.2) is 117 Å². The Bertz CT molecular complexity index is 5380. The smallest absolute Gasteiger partial charge is 0.337 e. The number of amides is 2. The van der Waals surface area contributed by atoms with Gasteiger partial charge < -0.3 is 62.1 Å². The van der Waals surface area contributed by atoms with Gasteiger partial charge >= 0.3 is 17.9 Å². The van der Waals surface area contributed by atoms with Crippen LogP contribution in [0.3, 0.4) is 0 Å². The van der Waals surface area contributed by atoms with Gasteiger partial charge in [0.25, 0.3) is 11.8 Å². The number of ether oxygens (including phenoxy) is 4. The number of aromatic carboxylic acids is 1.